The van der Waals surface area contributed by atoms with Gasteiger partial charge in [0, 0.05) is 31.3 Å². The van der Waals surface area contributed by atoms with Crippen LogP contribution in [0.15, 0.2) is 0 Å². The number of ketones is 1. The summed E-state index contributed by atoms with van der Waals surface area (Å²) < 4.78 is 0. The molecule has 0 fully saturated rings. The molecule has 20 heavy (non-hydrogen) atoms. The van der Waals surface area contributed by atoms with Gasteiger partial charge in [-0.3, -0.25) is 9.59 Å². The second-order valence-corrected chi connectivity index (χ2v) is 5.99. The third kappa shape index (κ3) is 12.2. The smallest absolute Gasteiger partial charge is 0.219 e. The molecule has 4 nitrogen and oxygen atoms in total. The lowest BCUT2D eigenvalue weighted by atomic mass is 10.0. The summed E-state index contributed by atoms with van der Waals surface area (Å²) in [6.45, 7) is 9.74. The molecule has 0 aliphatic heterocycles. The van der Waals surface area contributed by atoms with Gasteiger partial charge in [0.2, 0.25) is 5.91 Å². The Bertz CT molecular complexity index is 276. The minimum absolute atomic E-state index is 0.102. The van der Waals surface area contributed by atoms with E-state index in [9.17, 15) is 9.59 Å². The number of Topliss-reactive ketones (excluding diaryl/α,β-unsaturated/α-hetero) is 1. The Hall–Kier alpha value is -0.900. The molecule has 118 valence electrons. The summed E-state index contributed by atoms with van der Waals surface area (Å²) >= 11 is 0. The maximum absolute atomic E-state index is 11.6. The van der Waals surface area contributed by atoms with E-state index in [0.29, 0.717) is 25.4 Å². The molecule has 0 heterocycles. The van der Waals surface area contributed by atoms with Gasteiger partial charge in [0.05, 0.1) is 0 Å². The summed E-state index contributed by atoms with van der Waals surface area (Å²) in [5, 5.41) is 6.24. The first kappa shape index (κ1) is 19.1. The van der Waals surface area contributed by atoms with E-state index in [1.807, 2.05) is 13.8 Å². The van der Waals surface area contributed by atoms with Crippen molar-refractivity contribution in [1.29, 1.82) is 0 Å². The number of rotatable bonds is 12. The molecule has 0 aromatic heterocycles. The minimum Gasteiger partial charge on any atom is -0.356 e. The summed E-state index contributed by atoms with van der Waals surface area (Å²) in [5.74, 6) is 0.487. The average molecular weight is 284 g/mol. The van der Waals surface area contributed by atoms with Crippen LogP contribution in [0, 0.1) is 5.92 Å². The van der Waals surface area contributed by atoms with Crippen molar-refractivity contribution in [3.63, 3.8) is 0 Å². The molecule has 0 unspecified atom stereocenters. The number of hydrogen-bond acceptors (Lipinski definition) is 3. The summed E-state index contributed by atoms with van der Waals surface area (Å²) in [6.07, 6.45) is 5.06. The largest absolute Gasteiger partial charge is 0.356 e. The van der Waals surface area contributed by atoms with Gasteiger partial charge in [0.25, 0.3) is 0 Å². The number of nitrogens with one attached hydrogen (secondary N) is 2. The topological polar surface area (TPSA) is 58.2 Å². The highest BCUT2D eigenvalue weighted by atomic mass is 16.1. The maximum Gasteiger partial charge on any atom is 0.219 e. The maximum atomic E-state index is 11.6. The standard InChI is InChI=1S/C16H32N2O2/c1-13(2)15(19)9-8-12-18-16(20)10-6-5-7-11-17-14(3)4/h13-14,17H,5-12H2,1-4H3,(H,18,20). The Morgan fingerprint density at radius 2 is 1.55 bits per heavy atom. The first-order valence-corrected chi connectivity index (χ1v) is 7.96. The summed E-state index contributed by atoms with van der Waals surface area (Å²) in [6, 6.07) is 0.534. The molecule has 0 bridgehead atoms. The Kier molecular flexibility index (Phi) is 11.4. The lowest BCUT2D eigenvalue weighted by molar-refractivity contribution is -0.123. The highest BCUT2D eigenvalue weighted by molar-refractivity contribution is 5.80. The predicted molar refractivity (Wildman–Crippen MR) is 83.7 cm³/mol. The molecule has 0 spiro atoms. The lowest BCUT2D eigenvalue weighted by Gasteiger charge is -2.08. The molecule has 0 saturated heterocycles. The summed E-state index contributed by atoms with van der Waals surface area (Å²) in [7, 11) is 0. The van der Waals surface area contributed by atoms with E-state index in [4.69, 9.17) is 0 Å². The monoisotopic (exact) mass is 284 g/mol. The van der Waals surface area contributed by atoms with Crippen molar-refractivity contribution in [2.45, 2.75) is 72.3 Å². The Labute approximate surface area is 124 Å². The quantitative estimate of drug-likeness (QED) is 0.542. The first-order valence-electron chi connectivity index (χ1n) is 7.96. The molecule has 1 amide bonds. The SMILES string of the molecule is CC(C)NCCCCCC(=O)NCCCC(=O)C(C)C. The first-order chi connectivity index (χ1) is 9.43. The Balaban J connectivity index is 3.35. The van der Waals surface area contributed by atoms with E-state index in [2.05, 4.69) is 24.5 Å². The fourth-order valence-corrected chi connectivity index (χ4v) is 1.85. The van der Waals surface area contributed by atoms with Crippen LogP contribution in [0.25, 0.3) is 0 Å². The van der Waals surface area contributed by atoms with Gasteiger partial charge in [0.15, 0.2) is 0 Å². The van der Waals surface area contributed by atoms with Crippen molar-refractivity contribution >= 4 is 11.7 Å². The van der Waals surface area contributed by atoms with Crippen LogP contribution in [0.5, 0.6) is 0 Å². The number of amides is 1. The van der Waals surface area contributed by atoms with Gasteiger partial charge in [-0.05, 0) is 25.8 Å². The number of carbonyl (C=O) groups is 2. The van der Waals surface area contributed by atoms with E-state index in [-0.39, 0.29) is 17.6 Å². The van der Waals surface area contributed by atoms with Gasteiger partial charge in [-0.25, -0.2) is 0 Å². The van der Waals surface area contributed by atoms with Gasteiger partial charge in [-0.15, -0.1) is 0 Å². The van der Waals surface area contributed by atoms with E-state index in [1.165, 1.54) is 0 Å². The van der Waals surface area contributed by atoms with E-state index >= 15 is 0 Å². The number of hydrogen-bond donors (Lipinski definition) is 2. The molecule has 0 atom stereocenters. The third-order valence-corrected chi connectivity index (χ3v) is 3.20. The molecule has 2 N–H and O–H groups in total. The molecular formula is C16H32N2O2. The highest BCUT2D eigenvalue weighted by Crippen LogP contribution is 2.02. The molecule has 0 aliphatic carbocycles. The summed E-state index contributed by atoms with van der Waals surface area (Å²) in [4.78, 5) is 22.9. The fraction of sp³-hybridized carbons (Fsp3) is 0.875. The minimum atomic E-state index is 0.102. The van der Waals surface area contributed by atoms with Gasteiger partial charge < -0.3 is 10.6 Å². The zero-order valence-electron chi connectivity index (χ0n) is 13.6. The van der Waals surface area contributed by atoms with Crippen molar-refractivity contribution in [3.05, 3.63) is 0 Å². The van der Waals surface area contributed by atoms with Crippen LogP contribution in [0.3, 0.4) is 0 Å². The lowest BCUT2D eigenvalue weighted by Crippen LogP contribution is -2.25. The molecule has 0 radical (unpaired) electrons. The van der Waals surface area contributed by atoms with Crippen LogP contribution in [0.2, 0.25) is 0 Å². The van der Waals surface area contributed by atoms with Crippen LogP contribution in [-0.4, -0.2) is 30.8 Å². The summed E-state index contributed by atoms with van der Waals surface area (Å²) in [5.41, 5.74) is 0. The van der Waals surface area contributed by atoms with Crippen molar-refractivity contribution < 1.29 is 9.59 Å². The number of unbranched alkanes of at least 4 members (excludes halogenated alkanes) is 2. The van der Waals surface area contributed by atoms with Crippen LogP contribution in [0.1, 0.15) is 66.2 Å². The molecule has 0 aromatic rings. The van der Waals surface area contributed by atoms with Crippen LogP contribution in [0.4, 0.5) is 0 Å². The van der Waals surface area contributed by atoms with Crippen LogP contribution >= 0.6 is 0 Å². The van der Waals surface area contributed by atoms with Crippen LogP contribution in [-0.2, 0) is 9.59 Å². The Morgan fingerprint density at radius 1 is 0.850 bits per heavy atom. The molecule has 0 aromatic carbocycles. The third-order valence-electron chi connectivity index (χ3n) is 3.20. The zero-order valence-corrected chi connectivity index (χ0v) is 13.6. The van der Waals surface area contributed by atoms with E-state index < -0.39 is 0 Å². The molecule has 0 rings (SSSR count). The van der Waals surface area contributed by atoms with Crippen molar-refractivity contribution in [2.24, 2.45) is 5.92 Å². The molecule has 4 heteroatoms. The predicted octanol–water partition coefficient (Wildman–Crippen LogP) is 2.67. The Morgan fingerprint density at radius 3 is 2.15 bits per heavy atom. The van der Waals surface area contributed by atoms with Crippen molar-refractivity contribution in [2.75, 3.05) is 13.1 Å². The van der Waals surface area contributed by atoms with Gasteiger partial charge in [-0.2, -0.15) is 0 Å². The van der Waals surface area contributed by atoms with E-state index in [1.54, 1.807) is 0 Å². The fourth-order valence-electron chi connectivity index (χ4n) is 1.85. The highest BCUT2D eigenvalue weighted by Gasteiger charge is 2.06. The van der Waals surface area contributed by atoms with Crippen LogP contribution < -0.4 is 10.6 Å². The molecule has 0 aliphatic rings. The van der Waals surface area contributed by atoms with Crippen molar-refractivity contribution in [3.8, 4) is 0 Å². The van der Waals surface area contributed by atoms with E-state index in [0.717, 1.165) is 32.2 Å². The zero-order chi connectivity index (χ0) is 15.4. The van der Waals surface area contributed by atoms with Crippen molar-refractivity contribution in [1.82, 2.24) is 10.6 Å². The molecule has 0 saturated carbocycles. The second kappa shape index (κ2) is 11.9. The molecular weight excluding hydrogens is 252 g/mol. The second-order valence-electron chi connectivity index (χ2n) is 5.99. The van der Waals surface area contributed by atoms with Gasteiger partial charge >= 0.3 is 0 Å². The average Bonchev–Trinajstić information content (AvgIpc) is 2.37. The number of carbonyl (C=O) groups excluding carboxylic acids is 2. The van der Waals surface area contributed by atoms with Gasteiger partial charge in [0.1, 0.15) is 5.78 Å². The normalized spacial score (nSPS) is 11.1. The van der Waals surface area contributed by atoms with Gasteiger partial charge in [-0.1, -0.05) is 34.1 Å².